The number of nitrogens with two attached hydrogens (primary N) is 1. The summed E-state index contributed by atoms with van der Waals surface area (Å²) >= 11 is 4.06. The SMILES string of the molecule is CO/N=C(\C(=O)N[C@@H]1C(=O)N2C(C(=O)[O-])=C(C[n+]3cccc4c3ccn4Cc3nc(C4=NCCN4)cs3)CS[C@H]12)c1csc(N)n1. The van der Waals surface area contributed by atoms with Crippen LogP contribution in [0.2, 0.25) is 0 Å². The number of amides is 2. The zero-order valence-corrected chi connectivity index (χ0v) is 26.7. The van der Waals surface area contributed by atoms with E-state index in [4.69, 9.17) is 15.6 Å². The van der Waals surface area contributed by atoms with Crippen molar-refractivity contribution in [2.24, 2.45) is 10.1 Å². The summed E-state index contributed by atoms with van der Waals surface area (Å²) < 4.78 is 4.04. The molecule has 15 nitrogen and oxygen atoms in total. The molecule has 0 aliphatic carbocycles. The first-order valence-corrected chi connectivity index (χ1v) is 16.8. The van der Waals surface area contributed by atoms with Crippen LogP contribution in [0.4, 0.5) is 5.13 Å². The Morgan fingerprint density at radius 2 is 2.15 bits per heavy atom. The van der Waals surface area contributed by atoms with Crippen molar-refractivity contribution in [1.82, 2.24) is 30.1 Å². The molecule has 3 aliphatic heterocycles. The van der Waals surface area contributed by atoms with Crippen LogP contribution in [0.15, 0.2) is 62.8 Å². The standard InChI is InChI=1S/C28H26N10O5S3/c1-43-35-20(15-12-46-28(29)33-15)24(39)34-21-25(40)38-22(27(41)42)14(11-45-26(21)38)9-36-7-2-3-17-18(36)4-8-37(17)10-19-32-16(13-44-19)23-30-5-6-31-23/h2-4,7-8,12-13,21,26H,5-6,9-11H2,1H3,(H4-,29,30,31,33,34,39,41,42)/b35-20-/t21-,26-/m1/s1. The molecule has 0 aromatic carbocycles. The first kappa shape index (κ1) is 29.9. The molecular formula is C28H26N10O5S3. The number of carbonyl (C=O) groups is 3. The molecule has 18 heteroatoms. The highest BCUT2D eigenvalue weighted by Gasteiger charge is 2.53. The number of anilines is 1. The van der Waals surface area contributed by atoms with E-state index in [1.165, 1.54) is 23.8 Å². The molecule has 4 N–H and O–H groups in total. The average molecular weight is 679 g/mol. The Balaban J connectivity index is 1.09. The van der Waals surface area contributed by atoms with E-state index in [-0.39, 0.29) is 28.8 Å². The number of β-lactam (4-membered cyclic amide) rings is 1. The fraction of sp³-hybridized carbons (Fsp3) is 0.286. The summed E-state index contributed by atoms with van der Waals surface area (Å²) in [5, 5.41) is 26.2. The van der Waals surface area contributed by atoms with Crippen molar-refractivity contribution in [3.63, 3.8) is 0 Å². The number of aliphatic imine (C=N–C) groups is 1. The van der Waals surface area contributed by atoms with Gasteiger partial charge in [0.05, 0.1) is 24.8 Å². The van der Waals surface area contributed by atoms with Crippen LogP contribution < -0.4 is 26.0 Å². The lowest BCUT2D eigenvalue weighted by molar-refractivity contribution is -0.663. The van der Waals surface area contributed by atoms with Crippen LogP contribution in [0.3, 0.4) is 0 Å². The van der Waals surface area contributed by atoms with Crippen molar-refractivity contribution < 1.29 is 28.9 Å². The first-order valence-electron chi connectivity index (χ1n) is 14.0. The number of fused-ring (bicyclic) bond motifs is 2. The molecule has 0 saturated carbocycles. The first-order chi connectivity index (χ1) is 22.3. The quantitative estimate of drug-likeness (QED) is 0.0833. The maximum absolute atomic E-state index is 13.3. The lowest BCUT2D eigenvalue weighted by atomic mass is 10.0. The Hall–Kier alpha value is -4.81. The van der Waals surface area contributed by atoms with E-state index in [0.29, 0.717) is 17.9 Å². The number of aliphatic carboxylic acids is 1. The van der Waals surface area contributed by atoms with Gasteiger partial charge in [0.25, 0.3) is 11.8 Å². The smallest absolute Gasteiger partial charge is 0.276 e. The fourth-order valence-corrected chi connectivity index (χ4v) is 8.26. The summed E-state index contributed by atoms with van der Waals surface area (Å²) in [4.78, 5) is 58.0. The number of pyridine rings is 1. The van der Waals surface area contributed by atoms with E-state index < -0.39 is 29.2 Å². The van der Waals surface area contributed by atoms with Gasteiger partial charge in [0.15, 0.2) is 23.6 Å². The molecule has 2 atom stereocenters. The summed E-state index contributed by atoms with van der Waals surface area (Å²) in [6, 6.07) is 4.90. The van der Waals surface area contributed by atoms with Gasteiger partial charge in [-0.05, 0) is 6.07 Å². The molecule has 0 bridgehead atoms. The normalized spacial score (nSPS) is 19.5. The third kappa shape index (κ3) is 5.37. The van der Waals surface area contributed by atoms with Gasteiger partial charge < -0.3 is 35.7 Å². The molecule has 7 heterocycles. The van der Waals surface area contributed by atoms with E-state index in [9.17, 15) is 19.5 Å². The van der Waals surface area contributed by atoms with Gasteiger partial charge in [-0.2, -0.15) is 4.57 Å². The maximum atomic E-state index is 13.3. The van der Waals surface area contributed by atoms with Crippen molar-refractivity contribution in [3.8, 4) is 0 Å². The minimum absolute atomic E-state index is 0.147. The molecule has 7 rings (SSSR count). The molecule has 0 spiro atoms. The minimum atomic E-state index is -1.45. The third-order valence-corrected chi connectivity index (χ3v) is 10.5. The number of amidine groups is 1. The molecule has 46 heavy (non-hydrogen) atoms. The highest BCUT2D eigenvalue weighted by atomic mass is 32.2. The maximum Gasteiger partial charge on any atom is 0.276 e. The number of nitrogen functional groups attached to an aromatic ring is 1. The number of carboxylic acids is 1. The number of hydrogen-bond donors (Lipinski definition) is 3. The summed E-state index contributed by atoms with van der Waals surface area (Å²) in [6.45, 7) is 2.36. The van der Waals surface area contributed by atoms with E-state index in [1.807, 2.05) is 40.5 Å². The molecule has 1 saturated heterocycles. The molecule has 3 aliphatic rings. The van der Waals surface area contributed by atoms with Gasteiger partial charge >= 0.3 is 0 Å². The summed E-state index contributed by atoms with van der Waals surface area (Å²) in [7, 11) is 1.28. The highest BCUT2D eigenvalue weighted by molar-refractivity contribution is 8.00. The number of carbonyl (C=O) groups excluding carboxylic acids is 3. The predicted octanol–water partition coefficient (Wildman–Crippen LogP) is -0.723. The molecular weight excluding hydrogens is 653 g/mol. The molecule has 2 amide bonds. The van der Waals surface area contributed by atoms with Crippen molar-refractivity contribution in [2.75, 3.05) is 31.7 Å². The van der Waals surface area contributed by atoms with Crippen LogP contribution in [0.25, 0.3) is 11.0 Å². The van der Waals surface area contributed by atoms with E-state index in [1.54, 1.807) is 16.7 Å². The van der Waals surface area contributed by atoms with Crippen LogP contribution in [0.5, 0.6) is 0 Å². The lowest BCUT2D eigenvalue weighted by Gasteiger charge is -2.50. The Labute approximate surface area is 273 Å². The van der Waals surface area contributed by atoms with Gasteiger partial charge in [-0.3, -0.25) is 19.5 Å². The molecule has 1 fully saturated rings. The van der Waals surface area contributed by atoms with Crippen molar-refractivity contribution in [1.29, 1.82) is 0 Å². The zero-order chi connectivity index (χ0) is 31.9. The monoisotopic (exact) mass is 678 g/mol. The Bertz CT molecular complexity index is 1980. The number of nitrogens with one attached hydrogen (secondary N) is 2. The van der Waals surface area contributed by atoms with Gasteiger partial charge in [-0.25, -0.2) is 9.97 Å². The predicted molar refractivity (Wildman–Crippen MR) is 170 cm³/mol. The number of hydrogen-bond acceptors (Lipinski definition) is 14. The number of thioether (sulfide) groups is 1. The second-order valence-electron chi connectivity index (χ2n) is 10.4. The Morgan fingerprint density at radius 1 is 1.28 bits per heavy atom. The van der Waals surface area contributed by atoms with Crippen LogP contribution >= 0.6 is 34.4 Å². The molecule has 4 aromatic rings. The molecule has 0 unspecified atom stereocenters. The van der Waals surface area contributed by atoms with Crippen molar-refractivity contribution in [2.45, 2.75) is 24.5 Å². The van der Waals surface area contributed by atoms with Gasteiger partial charge in [0, 0.05) is 47.0 Å². The third-order valence-electron chi connectivity index (χ3n) is 7.64. The van der Waals surface area contributed by atoms with E-state index in [2.05, 4.69) is 30.3 Å². The highest BCUT2D eigenvalue weighted by Crippen LogP contribution is 2.40. The van der Waals surface area contributed by atoms with Crippen molar-refractivity contribution in [3.05, 3.63) is 69.0 Å². The van der Waals surface area contributed by atoms with Gasteiger partial charge in [-0.1, -0.05) is 5.16 Å². The van der Waals surface area contributed by atoms with E-state index >= 15 is 0 Å². The second kappa shape index (κ2) is 12.2. The van der Waals surface area contributed by atoms with E-state index in [0.717, 1.165) is 52.0 Å². The number of thiazole rings is 2. The number of nitrogens with zero attached hydrogens (tertiary/aromatic N) is 7. The van der Waals surface area contributed by atoms with Crippen LogP contribution in [-0.4, -0.2) is 86.1 Å². The molecule has 4 aromatic heterocycles. The topological polar surface area (TPSA) is 196 Å². The van der Waals surface area contributed by atoms with Crippen LogP contribution in [0.1, 0.15) is 16.4 Å². The zero-order valence-electron chi connectivity index (χ0n) is 24.2. The summed E-state index contributed by atoms with van der Waals surface area (Å²) in [6.07, 6.45) is 3.85. The summed E-state index contributed by atoms with van der Waals surface area (Å²) in [5.74, 6) is -1.57. The Morgan fingerprint density at radius 3 is 2.89 bits per heavy atom. The lowest BCUT2D eigenvalue weighted by Crippen LogP contribution is -2.71. The second-order valence-corrected chi connectivity index (χ2v) is 13.4. The van der Waals surface area contributed by atoms with Gasteiger partial charge in [0.2, 0.25) is 5.52 Å². The average Bonchev–Trinajstić information content (AvgIpc) is 3.87. The fourth-order valence-electron chi connectivity index (χ4n) is 5.60. The number of carboxylic acid groups (broad SMARTS) is 1. The Kier molecular flexibility index (Phi) is 7.91. The number of rotatable bonds is 10. The van der Waals surface area contributed by atoms with Crippen LogP contribution in [-0.2, 0) is 32.3 Å². The van der Waals surface area contributed by atoms with Crippen molar-refractivity contribution >= 4 is 79.9 Å². The number of oxime groups is 1. The van der Waals surface area contributed by atoms with Gasteiger partial charge in [0.1, 0.15) is 46.3 Å². The van der Waals surface area contributed by atoms with Gasteiger partial charge in [-0.15, -0.1) is 34.4 Å². The van der Waals surface area contributed by atoms with Crippen LogP contribution in [0, 0.1) is 0 Å². The number of aromatic nitrogens is 4. The minimum Gasteiger partial charge on any atom is -0.543 e. The largest absolute Gasteiger partial charge is 0.543 e. The molecule has 0 radical (unpaired) electrons. The summed E-state index contributed by atoms with van der Waals surface area (Å²) in [5.41, 5.74) is 8.78. The molecule has 236 valence electrons.